The van der Waals surface area contributed by atoms with Crippen LogP contribution in [0.3, 0.4) is 0 Å². The minimum absolute atomic E-state index is 0. The predicted octanol–water partition coefficient (Wildman–Crippen LogP) is 5.43. The Kier molecular flexibility index (Phi) is 10.3. The molecule has 0 heterocycles. The molecule has 3 aromatic carbocycles. The van der Waals surface area contributed by atoms with Crippen LogP contribution in [0, 0.1) is 65.3 Å². The number of benzene rings is 2. The van der Waals surface area contributed by atoms with E-state index < -0.39 is 57.7 Å². The van der Waals surface area contributed by atoms with Crippen LogP contribution in [0.25, 0.3) is 11.1 Å². The zero-order valence-electron chi connectivity index (χ0n) is 13.2. The number of hydrogen-bond donors (Lipinski definition) is 0. The Hall–Kier alpha value is -2.52. The van der Waals surface area contributed by atoms with Crippen LogP contribution in [0.15, 0.2) is 30.3 Å². The first-order valence-electron chi connectivity index (χ1n) is 6.63. The molecule has 0 atom stereocenters. The van der Waals surface area contributed by atoms with Gasteiger partial charge in [-0.15, -0.1) is 0 Å². The molecule has 0 saturated heterocycles. The summed E-state index contributed by atoms with van der Waals surface area (Å²) in [5, 5.41) is 0. The van der Waals surface area contributed by atoms with Crippen molar-refractivity contribution in [2.45, 2.75) is 0 Å². The zero-order chi connectivity index (χ0) is 20.7. The second kappa shape index (κ2) is 11.3. The summed E-state index contributed by atoms with van der Waals surface area (Å²) in [5.74, 6) is -17.5. The summed E-state index contributed by atoms with van der Waals surface area (Å²) in [7, 11) is 0. The molecule has 0 aliphatic rings. The van der Waals surface area contributed by atoms with Crippen molar-refractivity contribution in [1.29, 1.82) is 0 Å². The number of hydrogen-bond acceptors (Lipinski definition) is 0. The van der Waals surface area contributed by atoms with Crippen LogP contribution in [-0.4, -0.2) is 0 Å². The summed E-state index contributed by atoms with van der Waals surface area (Å²) in [4.78, 5) is 0. The Morgan fingerprint density at radius 2 is 0.929 bits per heavy atom. The molecule has 0 N–H and O–H groups in total. The normalized spacial score (nSPS) is 9.36. The van der Waals surface area contributed by atoms with E-state index in [4.69, 9.17) is 4.65 Å². The number of halogens is 8. The van der Waals surface area contributed by atoms with E-state index in [-0.39, 0.29) is 16.8 Å². The summed E-state index contributed by atoms with van der Waals surface area (Å²) in [6, 6.07) is 12.5. The first-order valence-corrected chi connectivity index (χ1v) is 6.63. The van der Waals surface area contributed by atoms with Crippen LogP contribution < -0.4 is 0 Å². The molecule has 3 rings (SSSR count). The van der Waals surface area contributed by atoms with Gasteiger partial charge in [0.1, 0.15) is 23.3 Å². The molecule has 0 fully saturated rings. The van der Waals surface area contributed by atoms with E-state index in [0.29, 0.717) is 0 Å². The van der Waals surface area contributed by atoms with Crippen LogP contribution in [-0.2, 0) is 21.4 Å². The zero-order valence-corrected chi connectivity index (χ0v) is 14.2. The largest absolute Gasteiger partial charge is 0.214 e. The van der Waals surface area contributed by atoms with Crippen molar-refractivity contribution in [3.8, 4) is 11.1 Å². The summed E-state index contributed by atoms with van der Waals surface area (Å²) in [6.45, 7) is 4.50. The Morgan fingerprint density at radius 1 is 0.607 bits per heavy atom. The molecule has 28 heavy (non-hydrogen) atoms. The van der Waals surface area contributed by atoms with E-state index in [9.17, 15) is 35.1 Å². The van der Waals surface area contributed by atoms with Gasteiger partial charge in [-0.1, -0.05) is 0 Å². The molecule has 0 unspecified atom stereocenters. The standard InChI is InChI=1S/C12F8.C5H5.CO.Co/c13-5-1-3(7(15)11(19)9(5)17)4-2-6(14)10(18)12(20)8(4)16;1-2-4-5-3-1;1-2;/h;1-5H;;/q-2;-1;;. The van der Waals surface area contributed by atoms with Crippen LogP contribution in [0.2, 0.25) is 0 Å². The molecular formula is C18H5CoF8O-3. The predicted molar refractivity (Wildman–Crippen MR) is 75.2 cm³/mol. The van der Waals surface area contributed by atoms with Crippen LogP contribution >= 0.6 is 0 Å². The SMILES string of the molecule is Fc1[c-]c(-c2[c-]c(F)c(F)c(F)c2F)c(F)c(F)c1F.[C-]#[O+].[Co].c1cc[cH-]c1. The van der Waals surface area contributed by atoms with E-state index in [0.717, 1.165) is 0 Å². The van der Waals surface area contributed by atoms with E-state index >= 15 is 0 Å². The average Bonchev–Trinajstić information content (AvgIpc) is 3.26. The average molecular weight is 448 g/mol. The molecule has 1 nitrogen and oxygen atoms in total. The fraction of sp³-hybridized carbons (Fsp3) is 0. The van der Waals surface area contributed by atoms with Crippen LogP contribution in [0.5, 0.6) is 0 Å². The van der Waals surface area contributed by atoms with Crippen molar-refractivity contribution in [2.75, 3.05) is 0 Å². The van der Waals surface area contributed by atoms with E-state index in [1.54, 1.807) is 0 Å². The second-order valence-electron chi connectivity index (χ2n) is 4.47. The maximum Gasteiger partial charge on any atom is 0 e. The second-order valence-corrected chi connectivity index (χ2v) is 4.47. The fourth-order valence-corrected chi connectivity index (χ4v) is 1.71. The molecule has 1 radical (unpaired) electrons. The Labute approximate surface area is 163 Å². The maximum absolute atomic E-state index is 13.3. The molecule has 10 heteroatoms. The molecule has 0 aliphatic carbocycles. The molecule has 0 spiro atoms. The molecule has 0 amide bonds. The van der Waals surface area contributed by atoms with Gasteiger partial charge >= 0.3 is 11.3 Å². The Balaban J connectivity index is 0.000000778. The van der Waals surface area contributed by atoms with Crippen molar-refractivity contribution < 1.29 is 56.6 Å². The van der Waals surface area contributed by atoms with Crippen molar-refractivity contribution in [1.82, 2.24) is 0 Å². The molecule has 0 saturated carbocycles. The summed E-state index contributed by atoms with van der Waals surface area (Å²) >= 11 is 0. The van der Waals surface area contributed by atoms with E-state index in [2.05, 4.69) is 6.65 Å². The Morgan fingerprint density at radius 3 is 1.18 bits per heavy atom. The van der Waals surface area contributed by atoms with E-state index in [1.807, 2.05) is 30.3 Å². The van der Waals surface area contributed by atoms with Crippen molar-refractivity contribution >= 4 is 0 Å². The van der Waals surface area contributed by atoms with Gasteiger partial charge in [0.05, 0.1) is 11.6 Å². The molecule has 151 valence electrons. The third-order valence-corrected chi connectivity index (χ3v) is 2.87. The quantitative estimate of drug-likeness (QED) is 0.156. The first-order chi connectivity index (χ1) is 12.8. The topological polar surface area (TPSA) is 19.9 Å². The third kappa shape index (κ3) is 5.49. The van der Waals surface area contributed by atoms with Crippen molar-refractivity contribution in [2.24, 2.45) is 0 Å². The molecular weight excluding hydrogens is 443 g/mol. The monoisotopic (exact) mass is 448 g/mol. The first kappa shape index (κ1) is 25.5. The minimum atomic E-state index is -2.34. The maximum atomic E-state index is 13.3. The molecule has 0 bridgehead atoms. The molecule has 0 aromatic heterocycles. The molecule has 0 aliphatic heterocycles. The van der Waals surface area contributed by atoms with E-state index in [1.165, 1.54) is 12.1 Å². The minimum Gasteiger partial charge on any atom is -0.214 e. The van der Waals surface area contributed by atoms with Gasteiger partial charge in [-0.25, -0.2) is 29.7 Å². The van der Waals surface area contributed by atoms with Gasteiger partial charge < -0.3 is 0 Å². The smallest absolute Gasteiger partial charge is 0 e. The van der Waals surface area contributed by atoms with Crippen LogP contribution in [0.4, 0.5) is 35.1 Å². The van der Waals surface area contributed by atoms with Crippen molar-refractivity contribution in [3.05, 3.63) is 95.7 Å². The molecule has 3 aromatic rings. The van der Waals surface area contributed by atoms with Gasteiger partial charge in [0, 0.05) is 28.4 Å². The Bertz CT molecular complexity index is 860. The number of rotatable bonds is 1. The van der Waals surface area contributed by atoms with Gasteiger partial charge in [-0.2, -0.15) is 41.5 Å². The van der Waals surface area contributed by atoms with Gasteiger partial charge in [-0.3, -0.25) is 17.6 Å². The van der Waals surface area contributed by atoms with Gasteiger partial charge in [0.25, 0.3) is 0 Å². The fourth-order valence-electron chi connectivity index (χ4n) is 1.71. The summed E-state index contributed by atoms with van der Waals surface area (Å²) < 4.78 is 111. The summed E-state index contributed by atoms with van der Waals surface area (Å²) in [6.07, 6.45) is 0. The van der Waals surface area contributed by atoms with Gasteiger partial charge in [0.2, 0.25) is 0 Å². The third-order valence-electron chi connectivity index (χ3n) is 2.87. The van der Waals surface area contributed by atoms with Gasteiger partial charge in [-0.05, 0) is 0 Å². The van der Waals surface area contributed by atoms with Crippen molar-refractivity contribution in [3.63, 3.8) is 0 Å². The van der Waals surface area contributed by atoms with Crippen LogP contribution in [0.1, 0.15) is 0 Å². The van der Waals surface area contributed by atoms with Gasteiger partial charge in [0.15, 0.2) is 0 Å². The summed E-state index contributed by atoms with van der Waals surface area (Å²) in [5.41, 5.74) is -2.92.